The molecule has 0 bridgehead atoms. The van der Waals surface area contributed by atoms with Gasteiger partial charge in [0.1, 0.15) is 5.76 Å². The molecule has 2 aromatic carbocycles. The molecule has 1 saturated heterocycles. The van der Waals surface area contributed by atoms with Crippen LogP contribution in [0.3, 0.4) is 0 Å². The van der Waals surface area contributed by atoms with Crippen molar-refractivity contribution in [1.82, 2.24) is 9.97 Å². The Kier molecular flexibility index (Phi) is 5.00. The summed E-state index contributed by atoms with van der Waals surface area (Å²) < 4.78 is 0.790. The van der Waals surface area contributed by atoms with Gasteiger partial charge in [-0.2, -0.15) is 0 Å². The summed E-state index contributed by atoms with van der Waals surface area (Å²) in [4.78, 5) is 36.4. The normalized spacial score (nSPS) is 17.9. The minimum absolute atomic E-state index is 0.00383. The number of fused-ring (bicyclic) bond motifs is 1. The van der Waals surface area contributed by atoms with Crippen molar-refractivity contribution in [2.24, 2.45) is 0 Å². The highest BCUT2D eigenvalue weighted by molar-refractivity contribution is 7.22. The number of aromatic nitrogens is 2. The van der Waals surface area contributed by atoms with Gasteiger partial charge >= 0.3 is 5.91 Å². The van der Waals surface area contributed by atoms with Gasteiger partial charge in [0.05, 0.1) is 21.8 Å². The smallest absolute Gasteiger partial charge is 0.301 e. The molecular weight excluding hydrogens is 446 g/mol. The van der Waals surface area contributed by atoms with Gasteiger partial charge < -0.3 is 5.11 Å². The predicted octanol–water partition coefficient (Wildman–Crippen LogP) is 5.28. The Bertz CT molecular complexity index is 1400. The van der Waals surface area contributed by atoms with Crippen LogP contribution < -0.4 is 4.90 Å². The molecule has 0 aliphatic carbocycles. The minimum atomic E-state index is -0.860. The second-order valence-electron chi connectivity index (χ2n) is 7.43. The number of nitrogens with zero attached hydrogens (tertiary/aromatic N) is 3. The summed E-state index contributed by atoms with van der Waals surface area (Å²) in [6.07, 6.45) is 3.19. The Hall–Kier alpha value is -3.55. The van der Waals surface area contributed by atoms with E-state index in [4.69, 9.17) is 11.6 Å². The number of benzene rings is 2. The number of thiazole rings is 1. The first-order valence-electron chi connectivity index (χ1n) is 9.78. The fraction of sp³-hybridized carbons (Fsp3) is 0.0833. The van der Waals surface area contributed by atoms with Crippen molar-refractivity contribution in [3.8, 4) is 0 Å². The van der Waals surface area contributed by atoms with Crippen molar-refractivity contribution in [3.63, 3.8) is 0 Å². The molecule has 1 aliphatic heterocycles. The summed E-state index contributed by atoms with van der Waals surface area (Å²) in [6.45, 7) is 1.93. The molecule has 5 rings (SSSR count). The Morgan fingerprint density at radius 2 is 1.91 bits per heavy atom. The zero-order valence-electron chi connectivity index (χ0n) is 16.8. The van der Waals surface area contributed by atoms with Crippen LogP contribution in [0.1, 0.15) is 22.7 Å². The number of anilines is 1. The van der Waals surface area contributed by atoms with Crippen LogP contribution in [0.2, 0.25) is 5.02 Å². The molecule has 0 radical (unpaired) electrons. The summed E-state index contributed by atoms with van der Waals surface area (Å²) in [5, 5.41) is 12.0. The number of hydrogen-bond donors (Lipinski definition) is 1. The zero-order chi connectivity index (χ0) is 22.4. The average molecular weight is 462 g/mol. The third-order valence-electron chi connectivity index (χ3n) is 5.31. The third-order valence-corrected chi connectivity index (χ3v) is 6.57. The lowest BCUT2D eigenvalue weighted by molar-refractivity contribution is -0.132. The molecule has 1 atom stereocenters. The fourth-order valence-electron chi connectivity index (χ4n) is 3.74. The number of amides is 1. The lowest BCUT2D eigenvalue weighted by Gasteiger charge is -2.22. The first-order valence-corrected chi connectivity index (χ1v) is 11.0. The lowest BCUT2D eigenvalue weighted by Crippen LogP contribution is -2.29. The number of halogens is 1. The van der Waals surface area contributed by atoms with E-state index in [2.05, 4.69) is 9.97 Å². The van der Waals surface area contributed by atoms with Gasteiger partial charge in [0, 0.05) is 23.0 Å². The van der Waals surface area contributed by atoms with Gasteiger partial charge in [0.25, 0.3) is 5.78 Å². The molecule has 158 valence electrons. The fourth-order valence-corrected chi connectivity index (χ4v) is 5.01. The van der Waals surface area contributed by atoms with Crippen LogP contribution in [-0.4, -0.2) is 26.8 Å². The summed E-state index contributed by atoms with van der Waals surface area (Å²) in [5.41, 5.74) is 2.74. The second-order valence-corrected chi connectivity index (χ2v) is 8.88. The largest absolute Gasteiger partial charge is 0.507 e. The lowest BCUT2D eigenvalue weighted by atomic mass is 9.96. The Morgan fingerprint density at radius 1 is 1.12 bits per heavy atom. The number of rotatable bonds is 3. The third kappa shape index (κ3) is 3.36. The first kappa shape index (κ1) is 20.4. The number of carbonyl (C=O) groups is 2. The molecule has 0 spiro atoms. The number of Topliss-reactive ketones (excluding diaryl/α,β-unsaturated/α-hetero) is 1. The van der Waals surface area contributed by atoms with E-state index in [0.29, 0.717) is 26.8 Å². The summed E-state index contributed by atoms with van der Waals surface area (Å²) in [5.74, 6) is -1.75. The van der Waals surface area contributed by atoms with E-state index in [1.165, 1.54) is 16.2 Å². The van der Waals surface area contributed by atoms with E-state index >= 15 is 0 Å². The highest BCUT2D eigenvalue weighted by atomic mass is 35.5. The minimum Gasteiger partial charge on any atom is -0.507 e. The van der Waals surface area contributed by atoms with Gasteiger partial charge in [-0.3, -0.25) is 19.5 Å². The molecule has 6 nitrogen and oxygen atoms in total. The number of pyridine rings is 1. The van der Waals surface area contributed by atoms with Gasteiger partial charge in [0.2, 0.25) is 0 Å². The van der Waals surface area contributed by atoms with Crippen LogP contribution in [0.4, 0.5) is 5.13 Å². The van der Waals surface area contributed by atoms with Crippen molar-refractivity contribution >= 4 is 55.7 Å². The first-order chi connectivity index (χ1) is 15.4. The molecule has 3 heterocycles. The van der Waals surface area contributed by atoms with E-state index in [9.17, 15) is 14.7 Å². The number of aliphatic hydroxyl groups excluding tert-OH is 1. The monoisotopic (exact) mass is 461 g/mol. The number of aliphatic hydroxyl groups is 1. The quantitative estimate of drug-likeness (QED) is 0.255. The van der Waals surface area contributed by atoms with Crippen LogP contribution in [0.15, 0.2) is 72.6 Å². The van der Waals surface area contributed by atoms with E-state index in [0.717, 1.165) is 10.3 Å². The van der Waals surface area contributed by atoms with Crippen LogP contribution >= 0.6 is 22.9 Å². The van der Waals surface area contributed by atoms with Crippen LogP contribution in [0.25, 0.3) is 16.0 Å². The van der Waals surface area contributed by atoms with E-state index in [1.54, 1.807) is 54.9 Å². The predicted molar refractivity (Wildman–Crippen MR) is 125 cm³/mol. The molecule has 1 N–H and O–H groups in total. The number of ketones is 1. The Balaban J connectivity index is 1.72. The topological polar surface area (TPSA) is 83.4 Å². The van der Waals surface area contributed by atoms with Crippen molar-refractivity contribution < 1.29 is 14.7 Å². The van der Waals surface area contributed by atoms with Crippen molar-refractivity contribution in [2.75, 3.05) is 4.90 Å². The molecule has 8 heteroatoms. The highest BCUT2D eigenvalue weighted by Gasteiger charge is 2.48. The zero-order valence-corrected chi connectivity index (χ0v) is 18.4. The maximum atomic E-state index is 13.2. The van der Waals surface area contributed by atoms with E-state index < -0.39 is 17.7 Å². The maximum Gasteiger partial charge on any atom is 0.301 e. The van der Waals surface area contributed by atoms with Gasteiger partial charge in [-0.25, -0.2) is 4.98 Å². The molecule has 4 aromatic rings. The summed E-state index contributed by atoms with van der Waals surface area (Å²) >= 11 is 7.36. The molecule has 32 heavy (non-hydrogen) atoms. The summed E-state index contributed by atoms with van der Waals surface area (Å²) in [6, 6.07) is 15.0. The summed E-state index contributed by atoms with van der Waals surface area (Å²) in [7, 11) is 0. The van der Waals surface area contributed by atoms with E-state index in [1.807, 2.05) is 19.1 Å². The van der Waals surface area contributed by atoms with Gasteiger partial charge in [-0.05, 0) is 36.8 Å². The molecule has 2 aromatic heterocycles. The Labute approximate surface area is 192 Å². The van der Waals surface area contributed by atoms with Crippen LogP contribution in [0.5, 0.6) is 0 Å². The SMILES string of the molecule is Cc1ccc(C(O)=C2C(=O)C(=O)N(c3nc4ccc(Cl)cc4s3)C2c2cccnc2)cc1. The number of carbonyl (C=O) groups excluding carboxylic acids is 2. The standard InChI is InChI=1S/C24H16ClN3O3S/c1-13-4-6-14(7-5-13)21(29)19-20(15-3-2-10-26-12-15)28(23(31)22(19)30)24-27-17-9-8-16(25)11-18(17)32-24/h2-12,20,29H,1H3. The molecule has 1 aliphatic rings. The van der Waals surface area contributed by atoms with Crippen LogP contribution in [-0.2, 0) is 9.59 Å². The van der Waals surface area contributed by atoms with Crippen LogP contribution in [0, 0.1) is 6.92 Å². The molecular formula is C24H16ClN3O3S. The number of aryl methyl sites for hydroxylation is 1. The van der Waals surface area contributed by atoms with Crippen molar-refractivity contribution in [2.45, 2.75) is 13.0 Å². The highest BCUT2D eigenvalue weighted by Crippen LogP contribution is 2.44. The maximum absolute atomic E-state index is 13.2. The molecule has 0 saturated carbocycles. The van der Waals surface area contributed by atoms with E-state index in [-0.39, 0.29) is 11.3 Å². The molecule has 1 fully saturated rings. The number of hydrogen-bond acceptors (Lipinski definition) is 6. The average Bonchev–Trinajstić information content (AvgIpc) is 3.32. The molecule has 1 unspecified atom stereocenters. The van der Waals surface area contributed by atoms with Gasteiger partial charge in [0.15, 0.2) is 5.13 Å². The second kappa shape index (κ2) is 7.85. The van der Waals surface area contributed by atoms with Crippen molar-refractivity contribution in [1.29, 1.82) is 0 Å². The Morgan fingerprint density at radius 3 is 2.62 bits per heavy atom. The molecule has 1 amide bonds. The van der Waals surface area contributed by atoms with Gasteiger partial charge in [-0.15, -0.1) is 0 Å². The van der Waals surface area contributed by atoms with Crippen molar-refractivity contribution in [3.05, 3.63) is 94.3 Å². The van der Waals surface area contributed by atoms with Gasteiger partial charge in [-0.1, -0.05) is 58.8 Å².